The number of benzene rings is 2. The van der Waals surface area contributed by atoms with Crippen molar-refractivity contribution in [3.05, 3.63) is 65.4 Å². The van der Waals surface area contributed by atoms with E-state index in [0.29, 0.717) is 16.9 Å². The Morgan fingerprint density at radius 1 is 1.00 bits per heavy atom. The largest absolute Gasteiger partial charge is 0.496 e. The first kappa shape index (κ1) is 20.6. The number of carbonyl (C=O) groups is 2. The molecule has 0 aromatic heterocycles. The van der Waals surface area contributed by atoms with Gasteiger partial charge in [0, 0.05) is 11.3 Å². The van der Waals surface area contributed by atoms with Crippen LogP contribution in [0.2, 0.25) is 0 Å². The van der Waals surface area contributed by atoms with E-state index in [9.17, 15) is 9.59 Å². The number of anilines is 1. The minimum Gasteiger partial charge on any atom is -0.496 e. The van der Waals surface area contributed by atoms with Gasteiger partial charge < -0.3 is 14.8 Å². The lowest BCUT2D eigenvalue weighted by atomic mass is 10.0. The Bertz CT molecular complexity index is 949. The average molecular weight is 394 g/mol. The van der Waals surface area contributed by atoms with Crippen molar-refractivity contribution in [2.24, 2.45) is 0 Å². The first-order chi connectivity index (χ1) is 13.9. The number of rotatable bonds is 8. The smallest absolute Gasteiger partial charge is 0.278 e. The molecule has 1 heterocycles. The number of ether oxygens (including phenoxy) is 2. The molecule has 29 heavy (non-hydrogen) atoms. The summed E-state index contributed by atoms with van der Waals surface area (Å²) in [5.41, 5.74) is 2.88. The zero-order chi connectivity index (χ0) is 21.0. The van der Waals surface area contributed by atoms with E-state index in [1.54, 1.807) is 19.2 Å². The van der Waals surface area contributed by atoms with E-state index in [1.165, 1.54) is 4.90 Å². The maximum Gasteiger partial charge on any atom is 0.278 e. The summed E-state index contributed by atoms with van der Waals surface area (Å²) in [6.07, 6.45) is 0.0222. The predicted octanol–water partition coefficient (Wildman–Crippen LogP) is 3.62. The van der Waals surface area contributed by atoms with Crippen LogP contribution in [-0.4, -0.2) is 43.1 Å². The average Bonchev–Trinajstić information content (AvgIpc) is 2.93. The summed E-state index contributed by atoms with van der Waals surface area (Å²) in [6, 6.07) is 14.8. The number of methoxy groups -OCH3 is 1. The Labute approximate surface area is 171 Å². The van der Waals surface area contributed by atoms with E-state index in [4.69, 9.17) is 9.47 Å². The Balaban J connectivity index is 2.03. The van der Waals surface area contributed by atoms with Gasteiger partial charge in [-0.1, -0.05) is 36.4 Å². The maximum atomic E-state index is 13.2. The number of hydrogen-bond acceptors (Lipinski definition) is 5. The Hall–Kier alpha value is -3.12. The molecule has 0 saturated carbocycles. The molecule has 1 aliphatic heterocycles. The van der Waals surface area contributed by atoms with Crippen molar-refractivity contribution in [2.75, 3.05) is 25.6 Å². The van der Waals surface area contributed by atoms with Crippen LogP contribution in [0.1, 0.15) is 25.0 Å². The van der Waals surface area contributed by atoms with Crippen LogP contribution in [0, 0.1) is 6.92 Å². The predicted molar refractivity (Wildman–Crippen MR) is 113 cm³/mol. The molecule has 1 N–H and O–H groups in total. The molecule has 6 nitrogen and oxygen atoms in total. The van der Waals surface area contributed by atoms with Crippen molar-refractivity contribution in [3.8, 4) is 5.75 Å². The van der Waals surface area contributed by atoms with Gasteiger partial charge in [-0.3, -0.25) is 14.5 Å². The van der Waals surface area contributed by atoms with E-state index in [-0.39, 0.29) is 36.8 Å². The van der Waals surface area contributed by atoms with Gasteiger partial charge in [-0.25, -0.2) is 0 Å². The fourth-order valence-corrected chi connectivity index (χ4v) is 3.22. The second-order valence-corrected chi connectivity index (χ2v) is 7.07. The molecule has 0 bridgehead atoms. The molecule has 6 heteroatoms. The topological polar surface area (TPSA) is 67.9 Å². The lowest BCUT2D eigenvalue weighted by Gasteiger charge is -2.17. The number of para-hydroxylation sites is 2. The first-order valence-electron chi connectivity index (χ1n) is 9.62. The molecule has 0 radical (unpaired) electrons. The monoisotopic (exact) mass is 394 g/mol. The molecule has 3 rings (SSSR count). The van der Waals surface area contributed by atoms with Crippen LogP contribution < -0.4 is 10.1 Å². The molecule has 2 aromatic carbocycles. The molecule has 2 aromatic rings. The molecule has 0 atom stereocenters. The quantitative estimate of drug-likeness (QED) is 0.693. The Morgan fingerprint density at radius 2 is 1.69 bits per heavy atom. The molecule has 0 aliphatic carbocycles. The highest BCUT2D eigenvalue weighted by Crippen LogP contribution is 2.35. The van der Waals surface area contributed by atoms with Crippen LogP contribution in [0.4, 0.5) is 5.69 Å². The number of carbonyl (C=O) groups excluding carboxylic acids is 2. The molecular formula is C23H26N2O4. The van der Waals surface area contributed by atoms with E-state index < -0.39 is 0 Å². The second kappa shape index (κ2) is 8.92. The normalized spacial score (nSPS) is 14.2. The van der Waals surface area contributed by atoms with Gasteiger partial charge in [0.25, 0.3) is 11.8 Å². The van der Waals surface area contributed by atoms with Crippen LogP contribution in [0.5, 0.6) is 5.75 Å². The minimum atomic E-state index is -0.369. The van der Waals surface area contributed by atoms with Gasteiger partial charge in [-0.2, -0.15) is 0 Å². The van der Waals surface area contributed by atoms with Gasteiger partial charge in [0.1, 0.15) is 11.4 Å². The van der Waals surface area contributed by atoms with E-state index in [2.05, 4.69) is 5.32 Å². The van der Waals surface area contributed by atoms with Crippen molar-refractivity contribution in [1.82, 2.24) is 4.90 Å². The fourth-order valence-electron chi connectivity index (χ4n) is 3.22. The van der Waals surface area contributed by atoms with Crippen molar-refractivity contribution in [2.45, 2.75) is 26.9 Å². The minimum absolute atomic E-state index is 0.0222. The number of hydrogen-bond donors (Lipinski definition) is 1. The lowest BCUT2D eigenvalue weighted by Crippen LogP contribution is -2.35. The van der Waals surface area contributed by atoms with E-state index in [0.717, 1.165) is 11.3 Å². The van der Waals surface area contributed by atoms with Crippen LogP contribution in [0.15, 0.2) is 54.2 Å². The third kappa shape index (κ3) is 4.32. The van der Waals surface area contributed by atoms with Crippen molar-refractivity contribution in [1.29, 1.82) is 0 Å². The third-order valence-electron chi connectivity index (χ3n) is 4.72. The molecule has 2 amide bonds. The van der Waals surface area contributed by atoms with Gasteiger partial charge >= 0.3 is 0 Å². The number of imide groups is 1. The molecule has 152 valence electrons. The van der Waals surface area contributed by atoms with Gasteiger partial charge in [-0.05, 0) is 38.5 Å². The van der Waals surface area contributed by atoms with Crippen LogP contribution in [-0.2, 0) is 14.3 Å². The third-order valence-corrected chi connectivity index (χ3v) is 4.72. The number of nitrogens with one attached hydrogen (secondary N) is 1. The molecule has 0 unspecified atom stereocenters. The van der Waals surface area contributed by atoms with Gasteiger partial charge in [0.05, 0.1) is 31.9 Å². The molecule has 1 aliphatic rings. The first-order valence-corrected chi connectivity index (χ1v) is 9.62. The summed E-state index contributed by atoms with van der Waals surface area (Å²) in [7, 11) is 1.54. The Kier molecular flexibility index (Phi) is 6.34. The molecule has 0 fully saturated rings. The maximum absolute atomic E-state index is 13.2. The highest BCUT2D eigenvalue weighted by atomic mass is 16.5. The Morgan fingerprint density at radius 3 is 2.38 bits per heavy atom. The highest BCUT2D eigenvalue weighted by molar-refractivity contribution is 6.37. The molecular weight excluding hydrogens is 368 g/mol. The summed E-state index contributed by atoms with van der Waals surface area (Å²) in [5.74, 6) is -0.192. The van der Waals surface area contributed by atoms with Crippen molar-refractivity contribution < 1.29 is 19.1 Å². The number of amides is 2. The summed E-state index contributed by atoms with van der Waals surface area (Å²) < 4.78 is 11.0. The zero-order valence-electron chi connectivity index (χ0n) is 17.2. The van der Waals surface area contributed by atoms with Crippen molar-refractivity contribution in [3.63, 3.8) is 0 Å². The lowest BCUT2D eigenvalue weighted by molar-refractivity contribution is -0.137. The summed E-state index contributed by atoms with van der Waals surface area (Å²) in [6.45, 7) is 6.25. The van der Waals surface area contributed by atoms with Crippen LogP contribution in [0.3, 0.4) is 0 Å². The second-order valence-electron chi connectivity index (χ2n) is 7.07. The van der Waals surface area contributed by atoms with Gasteiger partial charge in [0.15, 0.2) is 0 Å². The number of aryl methyl sites for hydroxylation is 1. The van der Waals surface area contributed by atoms with Crippen molar-refractivity contribution >= 4 is 23.1 Å². The summed E-state index contributed by atoms with van der Waals surface area (Å²) in [5, 5.41) is 3.19. The summed E-state index contributed by atoms with van der Waals surface area (Å²) >= 11 is 0. The van der Waals surface area contributed by atoms with Crippen LogP contribution >= 0.6 is 0 Å². The molecule has 0 saturated heterocycles. The zero-order valence-corrected chi connectivity index (χ0v) is 17.2. The van der Waals surface area contributed by atoms with Crippen LogP contribution in [0.25, 0.3) is 5.57 Å². The van der Waals surface area contributed by atoms with E-state index >= 15 is 0 Å². The standard InChI is InChI=1S/C23H26N2O4/c1-15(2)29-14-13-25-22(26)20(17-10-6-8-12-19(17)28-4)21(23(25)27)24-18-11-7-5-9-16(18)3/h5-12,15,24H,13-14H2,1-4H3. The van der Waals surface area contributed by atoms with E-state index in [1.807, 2.05) is 57.2 Å². The summed E-state index contributed by atoms with van der Waals surface area (Å²) in [4.78, 5) is 27.6. The molecule has 0 spiro atoms. The van der Waals surface area contributed by atoms with Gasteiger partial charge in [-0.15, -0.1) is 0 Å². The number of nitrogens with zero attached hydrogens (tertiary/aromatic N) is 1. The SMILES string of the molecule is COc1ccccc1C1=C(Nc2ccccc2C)C(=O)N(CCOC(C)C)C1=O. The fraction of sp³-hybridized carbons (Fsp3) is 0.304. The highest BCUT2D eigenvalue weighted by Gasteiger charge is 2.40. The van der Waals surface area contributed by atoms with Gasteiger partial charge in [0.2, 0.25) is 0 Å².